The lowest BCUT2D eigenvalue weighted by Gasteiger charge is -2.31. The van der Waals surface area contributed by atoms with Gasteiger partial charge in [-0.15, -0.1) is 0 Å². The summed E-state index contributed by atoms with van der Waals surface area (Å²) in [6.07, 6.45) is 1.21. The van der Waals surface area contributed by atoms with Crippen LogP contribution < -0.4 is 10.1 Å². The van der Waals surface area contributed by atoms with Gasteiger partial charge < -0.3 is 15.0 Å². The Kier molecular flexibility index (Phi) is 9.96. The molecule has 0 bridgehead atoms. The fourth-order valence-corrected chi connectivity index (χ4v) is 5.13. The highest BCUT2D eigenvalue weighted by Gasteiger charge is 2.30. The van der Waals surface area contributed by atoms with Crippen LogP contribution in [0.3, 0.4) is 0 Å². The summed E-state index contributed by atoms with van der Waals surface area (Å²) in [5, 5.41) is 5.08. The first-order valence-corrected chi connectivity index (χ1v) is 14.2. The molecule has 38 heavy (non-hydrogen) atoms. The third kappa shape index (κ3) is 7.23. The van der Waals surface area contributed by atoms with Crippen molar-refractivity contribution < 1.29 is 14.3 Å². The Labute approximate surface area is 240 Å². The third-order valence-corrected chi connectivity index (χ3v) is 7.61. The predicted molar refractivity (Wildman–Crippen MR) is 159 cm³/mol. The molecule has 2 amide bonds. The van der Waals surface area contributed by atoms with E-state index in [-0.39, 0.29) is 25.0 Å². The fraction of sp³-hybridized carbons (Fsp3) is 0.226. The highest BCUT2D eigenvalue weighted by molar-refractivity contribution is 9.11. The van der Waals surface area contributed by atoms with E-state index in [9.17, 15) is 9.59 Å². The van der Waals surface area contributed by atoms with Crippen LogP contribution in [-0.2, 0) is 22.6 Å². The van der Waals surface area contributed by atoms with E-state index in [4.69, 9.17) is 4.74 Å². The smallest absolute Gasteiger partial charge is 0.261 e. The number of rotatable bonds is 11. The van der Waals surface area contributed by atoms with Gasteiger partial charge in [-0.25, -0.2) is 0 Å². The van der Waals surface area contributed by atoms with Crippen LogP contribution in [0.5, 0.6) is 5.75 Å². The second-order valence-corrected chi connectivity index (χ2v) is 10.7. The van der Waals surface area contributed by atoms with Gasteiger partial charge in [-0.3, -0.25) is 9.59 Å². The molecule has 1 atom stereocenters. The molecule has 5 nitrogen and oxygen atoms in total. The zero-order valence-electron chi connectivity index (χ0n) is 21.2. The van der Waals surface area contributed by atoms with Gasteiger partial charge in [-0.1, -0.05) is 95.7 Å². The van der Waals surface area contributed by atoms with Crippen LogP contribution in [0.25, 0.3) is 10.8 Å². The highest BCUT2D eigenvalue weighted by atomic mass is 79.9. The van der Waals surface area contributed by atoms with E-state index in [0.717, 1.165) is 37.3 Å². The minimum Gasteiger partial charge on any atom is -0.483 e. The van der Waals surface area contributed by atoms with E-state index in [1.54, 1.807) is 4.90 Å². The molecule has 7 heteroatoms. The number of hydrogen-bond acceptors (Lipinski definition) is 3. The lowest BCUT2D eigenvalue weighted by atomic mass is 10.0. The summed E-state index contributed by atoms with van der Waals surface area (Å²) >= 11 is 7.11. The molecular weight excluding hydrogens is 608 g/mol. The van der Waals surface area contributed by atoms with Gasteiger partial charge in [0.2, 0.25) is 5.91 Å². The largest absolute Gasteiger partial charge is 0.483 e. The SMILES string of the molecule is CCCNC(=O)[C@@H](Cc1ccccc1)N(Cc1ccc(Br)cc1)C(=O)COc1ccc2ccccc2c1Br. The lowest BCUT2D eigenvalue weighted by Crippen LogP contribution is -2.51. The molecule has 0 saturated heterocycles. The van der Waals surface area contributed by atoms with E-state index in [1.165, 1.54) is 0 Å². The average Bonchev–Trinajstić information content (AvgIpc) is 2.94. The van der Waals surface area contributed by atoms with Gasteiger partial charge in [0.25, 0.3) is 5.91 Å². The number of carbonyl (C=O) groups is 2. The quantitative estimate of drug-likeness (QED) is 0.194. The molecule has 0 aliphatic carbocycles. The zero-order valence-corrected chi connectivity index (χ0v) is 24.4. The second-order valence-electron chi connectivity index (χ2n) is 9.03. The Morgan fingerprint density at radius 2 is 1.58 bits per heavy atom. The van der Waals surface area contributed by atoms with Gasteiger partial charge >= 0.3 is 0 Å². The van der Waals surface area contributed by atoms with Gasteiger partial charge in [-0.2, -0.15) is 0 Å². The second kappa shape index (κ2) is 13.6. The maximum absolute atomic E-state index is 13.8. The van der Waals surface area contributed by atoms with Crippen LogP contribution in [-0.4, -0.2) is 35.9 Å². The van der Waals surface area contributed by atoms with Crippen molar-refractivity contribution in [3.63, 3.8) is 0 Å². The molecule has 0 aliphatic heterocycles. The van der Waals surface area contributed by atoms with Crippen LogP contribution in [0.4, 0.5) is 0 Å². The normalized spacial score (nSPS) is 11.7. The monoisotopic (exact) mass is 636 g/mol. The standard InChI is InChI=1S/C31H30Br2N2O3/c1-2-18-34-31(37)27(19-22-8-4-3-5-9-22)35(20-23-12-15-25(32)16-13-23)29(36)21-38-28-17-14-24-10-6-7-11-26(24)30(28)33/h3-17,27H,2,18-21H2,1H3,(H,34,37)/t27-/m1/s1. The van der Waals surface area contributed by atoms with Crippen molar-refractivity contribution in [2.75, 3.05) is 13.2 Å². The van der Waals surface area contributed by atoms with Crippen molar-refractivity contribution in [1.29, 1.82) is 0 Å². The lowest BCUT2D eigenvalue weighted by molar-refractivity contribution is -0.142. The molecule has 196 valence electrons. The fourth-order valence-electron chi connectivity index (χ4n) is 4.25. The number of fused-ring (bicyclic) bond motifs is 1. The van der Waals surface area contributed by atoms with Crippen molar-refractivity contribution in [2.24, 2.45) is 0 Å². The molecule has 0 aliphatic rings. The average molecular weight is 638 g/mol. The van der Waals surface area contributed by atoms with Gasteiger partial charge in [-0.05, 0) is 62.4 Å². The van der Waals surface area contributed by atoms with Gasteiger partial charge in [0.1, 0.15) is 11.8 Å². The summed E-state index contributed by atoms with van der Waals surface area (Å²) in [6, 6.07) is 28.7. The van der Waals surface area contributed by atoms with Crippen LogP contribution in [0.1, 0.15) is 24.5 Å². The number of halogens is 2. The van der Waals surface area contributed by atoms with Crippen molar-refractivity contribution in [2.45, 2.75) is 32.4 Å². The Balaban J connectivity index is 1.62. The van der Waals surface area contributed by atoms with Crippen molar-refractivity contribution >= 4 is 54.4 Å². The molecule has 4 rings (SSSR count). The molecular formula is C31H30Br2N2O3. The van der Waals surface area contributed by atoms with Crippen LogP contribution >= 0.6 is 31.9 Å². The van der Waals surface area contributed by atoms with Gasteiger partial charge in [0.15, 0.2) is 6.61 Å². The summed E-state index contributed by atoms with van der Waals surface area (Å²) in [7, 11) is 0. The van der Waals surface area contributed by atoms with E-state index >= 15 is 0 Å². The number of benzene rings is 4. The Morgan fingerprint density at radius 3 is 2.32 bits per heavy atom. The Hall–Kier alpha value is -3.16. The minimum absolute atomic E-state index is 0.173. The maximum Gasteiger partial charge on any atom is 0.261 e. The predicted octanol–water partition coefficient (Wildman–Crippen LogP) is 6.91. The maximum atomic E-state index is 13.8. The summed E-state index contributed by atoms with van der Waals surface area (Å²) in [4.78, 5) is 28.8. The summed E-state index contributed by atoms with van der Waals surface area (Å²) in [5.41, 5.74) is 1.91. The molecule has 0 fully saturated rings. The molecule has 0 spiro atoms. The van der Waals surface area contributed by atoms with Crippen LogP contribution in [0.15, 0.2) is 99.9 Å². The minimum atomic E-state index is -0.691. The first-order valence-electron chi connectivity index (χ1n) is 12.6. The number of hydrogen-bond donors (Lipinski definition) is 1. The summed E-state index contributed by atoms with van der Waals surface area (Å²) in [6.45, 7) is 2.64. The molecule has 0 saturated carbocycles. The first-order chi connectivity index (χ1) is 18.5. The van der Waals surface area contributed by atoms with Crippen molar-refractivity contribution in [1.82, 2.24) is 10.2 Å². The first kappa shape index (κ1) is 27.9. The Morgan fingerprint density at radius 1 is 0.868 bits per heavy atom. The zero-order chi connectivity index (χ0) is 26.9. The van der Waals surface area contributed by atoms with E-state index in [0.29, 0.717) is 18.7 Å². The molecule has 1 N–H and O–H groups in total. The van der Waals surface area contributed by atoms with Crippen molar-refractivity contribution in [3.05, 3.63) is 111 Å². The number of nitrogens with one attached hydrogen (secondary N) is 1. The Bertz CT molecular complexity index is 1380. The van der Waals surface area contributed by atoms with Gasteiger partial charge in [0, 0.05) is 24.0 Å². The number of carbonyl (C=O) groups excluding carboxylic acids is 2. The van der Waals surface area contributed by atoms with Gasteiger partial charge in [0.05, 0.1) is 4.47 Å². The molecule has 0 radical (unpaired) electrons. The topological polar surface area (TPSA) is 58.6 Å². The molecule has 4 aromatic carbocycles. The third-order valence-electron chi connectivity index (χ3n) is 6.27. The molecule has 4 aromatic rings. The van der Waals surface area contributed by atoms with E-state index in [2.05, 4.69) is 37.2 Å². The number of ether oxygens (including phenoxy) is 1. The highest BCUT2D eigenvalue weighted by Crippen LogP contribution is 2.33. The molecule has 0 aromatic heterocycles. The summed E-state index contributed by atoms with van der Waals surface area (Å²) in [5.74, 6) is 0.143. The van der Waals surface area contributed by atoms with Crippen LogP contribution in [0, 0.1) is 0 Å². The van der Waals surface area contributed by atoms with Crippen molar-refractivity contribution in [3.8, 4) is 5.75 Å². The van der Waals surface area contributed by atoms with E-state index < -0.39 is 6.04 Å². The molecule has 0 unspecified atom stereocenters. The number of nitrogens with zero attached hydrogens (tertiary/aromatic N) is 1. The molecule has 0 heterocycles. The van der Waals surface area contributed by atoms with E-state index in [1.807, 2.05) is 97.9 Å². The number of amides is 2. The van der Waals surface area contributed by atoms with Crippen LogP contribution in [0.2, 0.25) is 0 Å². The summed E-state index contributed by atoms with van der Waals surface area (Å²) < 4.78 is 7.77.